The molecule has 21 heavy (non-hydrogen) atoms. The van der Waals surface area contributed by atoms with Gasteiger partial charge in [-0.1, -0.05) is 12.1 Å². The van der Waals surface area contributed by atoms with Crippen LogP contribution >= 0.6 is 15.9 Å². The number of halogens is 2. The van der Waals surface area contributed by atoms with Gasteiger partial charge in [0.2, 0.25) is 0 Å². The van der Waals surface area contributed by atoms with E-state index in [0.29, 0.717) is 10.2 Å². The summed E-state index contributed by atoms with van der Waals surface area (Å²) in [4.78, 5) is -0.0465. The van der Waals surface area contributed by atoms with Crippen LogP contribution in [0.15, 0.2) is 39.7 Å². The van der Waals surface area contributed by atoms with Gasteiger partial charge in [-0.15, -0.1) is 0 Å². The van der Waals surface area contributed by atoms with E-state index in [1.54, 1.807) is 12.1 Å². The van der Waals surface area contributed by atoms with E-state index in [1.807, 2.05) is 13.0 Å². The van der Waals surface area contributed by atoms with Gasteiger partial charge >= 0.3 is 0 Å². The van der Waals surface area contributed by atoms with Crippen LogP contribution in [0.2, 0.25) is 0 Å². The normalized spacial score (nSPS) is 11.4. The van der Waals surface area contributed by atoms with Gasteiger partial charge in [0, 0.05) is 4.47 Å². The number of anilines is 2. The Morgan fingerprint density at radius 2 is 1.86 bits per heavy atom. The Morgan fingerprint density at radius 1 is 1.19 bits per heavy atom. The summed E-state index contributed by atoms with van der Waals surface area (Å²) >= 11 is 3.34. The summed E-state index contributed by atoms with van der Waals surface area (Å²) in [5.41, 5.74) is 6.85. The third-order valence-electron chi connectivity index (χ3n) is 3.02. The number of hydrogen-bond acceptors (Lipinski definition) is 3. The van der Waals surface area contributed by atoms with Gasteiger partial charge in [0.15, 0.2) is 0 Å². The quantitative estimate of drug-likeness (QED) is 0.808. The number of nitrogen functional groups attached to an aromatic ring is 1. The Balaban J connectivity index is 2.48. The Labute approximate surface area is 131 Å². The first kappa shape index (κ1) is 15.8. The number of nitrogens with two attached hydrogens (primary N) is 1. The van der Waals surface area contributed by atoms with Crippen molar-refractivity contribution in [3.8, 4) is 0 Å². The van der Waals surface area contributed by atoms with E-state index >= 15 is 0 Å². The molecule has 0 saturated heterocycles. The zero-order chi connectivity index (χ0) is 15.8. The predicted molar refractivity (Wildman–Crippen MR) is 85.2 cm³/mol. The highest BCUT2D eigenvalue weighted by atomic mass is 79.9. The molecular formula is C14H14BrFN2O2S. The van der Waals surface area contributed by atoms with Gasteiger partial charge in [-0.05, 0) is 59.1 Å². The molecule has 0 radical (unpaired) electrons. The van der Waals surface area contributed by atoms with E-state index < -0.39 is 15.8 Å². The van der Waals surface area contributed by atoms with Crippen LogP contribution < -0.4 is 10.5 Å². The van der Waals surface area contributed by atoms with Crippen molar-refractivity contribution >= 4 is 37.3 Å². The monoisotopic (exact) mass is 372 g/mol. The van der Waals surface area contributed by atoms with Crippen molar-refractivity contribution < 1.29 is 12.8 Å². The Kier molecular flexibility index (Phi) is 4.25. The summed E-state index contributed by atoms with van der Waals surface area (Å²) in [5, 5.41) is 0. The lowest BCUT2D eigenvalue weighted by atomic mass is 10.2. The van der Waals surface area contributed by atoms with E-state index in [2.05, 4.69) is 20.7 Å². The molecule has 0 unspecified atom stereocenters. The zero-order valence-electron chi connectivity index (χ0n) is 11.4. The second kappa shape index (κ2) is 5.65. The molecule has 0 fully saturated rings. The summed E-state index contributed by atoms with van der Waals surface area (Å²) in [6.45, 7) is 3.37. The lowest BCUT2D eigenvalue weighted by Crippen LogP contribution is -2.15. The Morgan fingerprint density at radius 3 is 2.52 bits per heavy atom. The molecule has 4 nitrogen and oxygen atoms in total. The topological polar surface area (TPSA) is 72.2 Å². The first-order valence-electron chi connectivity index (χ1n) is 6.06. The van der Waals surface area contributed by atoms with Crippen LogP contribution in [-0.2, 0) is 10.0 Å². The zero-order valence-corrected chi connectivity index (χ0v) is 13.8. The van der Waals surface area contributed by atoms with Crippen LogP contribution in [0.1, 0.15) is 11.1 Å². The number of aryl methyl sites for hydroxylation is 2. The van der Waals surface area contributed by atoms with Gasteiger partial charge < -0.3 is 5.73 Å². The third-order valence-corrected chi connectivity index (χ3v) is 5.58. The number of sulfonamides is 1. The minimum Gasteiger partial charge on any atom is -0.396 e. The summed E-state index contributed by atoms with van der Waals surface area (Å²) < 4.78 is 41.4. The van der Waals surface area contributed by atoms with Gasteiger partial charge in [0.25, 0.3) is 10.0 Å². The second-order valence-electron chi connectivity index (χ2n) is 4.68. The van der Waals surface area contributed by atoms with Crippen LogP contribution in [-0.4, -0.2) is 8.42 Å². The highest BCUT2D eigenvalue weighted by Crippen LogP contribution is 2.29. The van der Waals surface area contributed by atoms with Crippen molar-refractivity contribution in [1.82, 2.24) is 0 Å². The molecule has 0 aromatic heterocycles. The van der Waals surface area contributed by atoms with E-state index in [9.17, 15) is 12.8 Å². The summed E-state index contributed by atoms with van der Waals surface area (Å²) in [6, 6.07) is 7.45. The molecule has 0 atom stereocenters. The van der Waals surface area contributed by atoms with Crippen LogP contribution in [0.25, 0.3) is 0 Å². The maximum Gasteiger partial charge on any atom is 0.262 e. The number of benzene rings is 2. The molecule has 0 amide bonds. The van der Waals surface area contributed by atoms with Crippen LogP contribution in [0.3, 0.4) is 0 Å². The Hall–Kier alpha value is -1.60. The maximum atomic E-state index is 13.3. The second-order valence-corrected chi connectivity index (χ2v) is 7.12. The van der Waals surface area contributed by atoms with Crippen molar-refractivity contribution in [3.05, 3.63) is 51.7 Å². The van der Waals surface area contributed by atoms with Gasteiger partial charge in [0.1, 0.15) is 5.82 Å². The SMILES string of the molecule is Cc1cc(F)c(N)cc1S(=O)(=O)Nc1cccc(C)c1Br. The highest BCUT2D eigenvalue weighted by molar-refractivity contribution is 9.10. The summed E-state index contributed by atoms with van der Waals surface area (Å²) in [6.07, 6.45) is 0. The largest absolute Gasteiger partial charge is 0.396 e. The molecular weight excluding hydrogens is 359 g/mol. The minimum atomic E-state index is -3.85. The van der Waals surface area contributed by atoms with Gasteiger partial charge in [0.05, 0.1) is 16.3 Å². The van der Waals surface area contributed by atoms with Crippen molar-refractivity contribution in [2.75, 3.05) is 10.5 Å². The predicted octanol–water partition coefficient (Wildman–Crippen LogP) is 3.59. The van der Waals surface area contributed by atoms with E-state index in [4.69, 9.17) is 5.73 Å². The molecule has 3 N–H and O–H groups in total. The van der Waals surface area contributed by atoms with Crippen LogP contribution in [0.5, 0.6) is 0 Å². The van der Waals surface area contributed by atoms with Crippen molar-refractivity contribution in [1.29, 1.82) is 0 Å². The number of rotatable bonds is 3. The molecule has 0 bridgehead atoms. The van der Waals surface area contributed by atoms with Crippen LogP contribution in [0, 0.1) is 19.7 Å². The molecule has 0 saturated carbocycles. The van der Waals surface area contributed by atoms with E-state index in [-0.39, 0.29) is 16.1 Å². The molecule has 2 aromatic rings. The minimum absolute atomic E-state index is 0.0465. The fourth-order valence-electron chi connectivity index (χ4n) is 1.88. The molecule has 0 spiro atoms. The molecule has 0 heterocycles. The van der Waals surface area contributed by atoms with Gasteiger partial charge in [-0.25, -0.2) is 12.8 Å². The standard InChI is InChI=1S/C14H14BrFN2O2S/c1-8-4-3-5-12(14(8)15)18-21(19,20)13-7-11(17)10(16)6-9(13)2/h3-7,18H,17H2,1-2H3. The molecule has 112 valence electrons. The number of hydrogen-bond donors (Lipinski definition) is 2. The average Bonchev–Trinajstić information content (AvgIpc) is 2.39. The molecule has 7 heteroatoms. The van der Waals surface area contributed by atoms with Gasteiger partial charge in [-0.3, -0.25) is 4.72 Å². The van der Waals surface area contributed by atoms with E-state index in [0.717, 1.165) is 17.7 Å². The fraction of sp³-hybridized carbons (Fsp3) is 0.143. The lowest BCUT2D eigenvalue weighted by molar-refractivity contribution is 0.599. The Bertz CT molecular complexity index is 807. The van der Waals surface area contributed by atoms with Crippen molar-refractivity contribution in [3.63, 3.8) is 0 Å². The summed E-state index contributed by atoms with van der Waals surface area (Å²) in [7, 11) is -3.85. The van der Waals surface area contributed by atoms with Crippen LogP contribution in [0.4, 0.5) is 15.8 Å². The summed E-state index contributed by atoms with van der Waals surface area (Å²) in [5.74, 6) is -0.636. The maximum absolute atomic E-state index is 13.3. The molecule has 2 aromatic carbocycles. The average molecular weight is 373 g/mol. The smallest absolute Gasteiger partial charge is 0.262 e. The van der Waals surface area contributed by atoms with Crippen molar-refractivity contribution in [2.45, 2.75) is 18.7 Å². The molecule has 0 aliphatic heterocycles. The lowest BCUT2D eigenvalue weighted by Gasteiger charge is -2.13. The number of nitrogens with one attached hydrogen (secondary N) is 1. The van der Waals surface area contributed by atoms with Crippen molar-refractivity contribution in [2.24, 2.45) is 0 Å². The first-order chi connectivity index (χ1) is 9.72. The third kappa shape index (κ3) is 3.19. The molecule has 0 aliphatic rings. The van der Waals surface area contributed by atoms with Gasteiger partial charge in [-0.2, -0.15) is 0 Å². The van der Waals surface area contributed by atoms with E-state index in [1.165, 1.54) is 6.92 Å². The molecule has 0 aliphatic carbocycles. The fourth-order valence-corrected chi connectivity index (χ4v) is 3.71. The first-order valence-corrected chi connectivity index (χ1v) is 8.33. The molecule has 2 rings (SSSR count). The highest BCUT2D eigenvalue weighted by Gasteiger charge is 2.20.